The highest BCUT2D eigenvalue weighted by Gasteiger charge is 2.35. The minimum atomic E-state index is -4.78. The van der Waals surface area contributed by atoms with Crippen molar-refractivity contribution in [1.82, 2.24) is 24.4 Å². The Kier molecular flexibility index (Phi) is 7.95. The Bertz CT molecular complexity index is 1360. The fourth-order valence-electron chi connectivity index (χ4n) is 6.15. The number of piperidine rings is 2. The van der Waals surface area contributed by atoms with Gasteiger partial charge in [-0.3, -0.25) is 0 Å². The predicted molar refractivity (Wildman–Crippen MR) is 145 cm³/mol. The van der Waals surface area contributed by atoms with Gasteiger partial charge in [-0.1, -0.05) is 0 Å². The molecule has 40 heavy (non-hydrogen) atoms. The minimum absolute atomic E-state index is 0. The molecule has 5 heterocycles. The van der Waals surface area contributed by atoms with E-state index in [0.29, 0.717) is 17.9 Å². The van der Waals surface area contributed by atoms with Gasteiger partial charge in [-0.05, 0) is 57.5 Å². The molecule has 0 spiro atoms. The van der Waals surface area contributed by atoms with Crippen LogP contribution < -0.4 is 10.2 Å². The topological polar surface area (TPSA) is 82.3 Å². The Hall–Kier alpha value is -2.96. The molecule has 2 N–H and O–H groups in total. The number of nitrogens with zero attached hydrogens (tertiary/aromatic N) is 6. The van der Waals surface area contributed by atoms with Gasteiger partial charge in [-0.2, -0.15) is 13.2 Å². The van der Waals surface area contributed by atoms with Crippen LogP contribution in [0, 0.1) is 5.82 Å². The number of benzene rings is 1. The first-order valence-electron chi connectivity index (χ1n) is 13.3. The van der Waals surface area contributed by atoms with Gasteiger partial charge in [0, 0.05) is 55.3 Å². The quantitative estimate of drug-likeness (QED) is 0.426. The van der Waals surface area contributed by atoms with Crippen molar-refractivity contribution in [2.24, 2.45) is 0 Å². The molecule has 0 amide bonds. The van der Waals surface area contributed by atoms with E-state index >= 15 is 0 Å². The lowest BCUT2D eigenvalue weighted by atomic mass is 9.94. The summed E-state index contributed by atoms with van der Waals surface area (Å²) in [5, 5.41) is 13.0. The van der Waals surface area contributed by atoms with Crippen molar-refractivity contribution in [3.63, 3.8) is 0 Å². The molecule has 2 saturated heterocycles. The van der Waals surface area contributed by atoms with E-state index in [9.17, 15) is 22.7 Å². The first-order valence-corrected chi connectivity index (χ1v) is 13.3. The van der Waals surface area contributed by atoms with Gasteiger partial charge >= 0.3 is 6.18 Å². The zero-order valence-corrected chi connectivity index (χ0v) is 22.8. The Labute approximate surface area is 235 Å². The third-order valence-corrected chi connectivity index (χ3v) is 8.10. The van der Waals surface area contributed by atoms with Crippen molar-refractivity contribution in [1.29, 1.82) is 0 Å². The number of rotatable bonds is 4. The van der Waals surface area contributed by atoms with Crippen LogP contribution in [0.3, 0.4) is 0 Å². The summed E-state index contributed by atoms with van der Waals surface area (Å²) >= 11 is 0. The molecule has 216 valence electrons. The zero-order chi connectivity index (χ0) is 27.3. The molecule has 2 atom stereocenters. The number of aromatic nitrogens is 4. The van der Waals surface area contributed by atoms with Crippen LogP contribution in [-0.2, 0) is 12.6 Å². The van der Waals surface area contributed by atoms with Crippen LogP contribution in [0.2, 0.25) is 0 Å². The average Bonchev–Trinajstić information content (AvgIpc) is 3.52. The van der Waals surface area contributed by atoms with Crippen LogP contribution in [0.5, 0.6) is 0 Å². The lowest BCUT2D eigenvalue weighted by Gasteiger charge is -2.36. The molecule has 13 heteroatoms. The highest BCUT2D eigenvalue weighted by molar-refractivity contribution is 5.85. The minimum Gasteiger partial charge on any atom is -0.373 e. The van der Waals surface area contributed by atoms with Crippen molar-refractivity contribution in [2.45, 2.75) is 56.5 Å². The van der Waals surface area contributed by atoms with Gasteiger partial charge in [0.05, 0.1) is 11.3 Å². The summed E-state index contributed by atoms with van der Waals surface area (Å²) in [4.78, 5) is 18.1. The van der Waals surface area contributed by atoms with Crippen molar-refractivity contribution >= 4 is 24.0 Å². The van der Waals surface area contributed by atoms with E-state index in [-0.39, 0.29) is 29.9 Å². The zero-order valence-electron chi connectivity index (χ0n) is 22.0. The fraction of sp³-hybridized carbons (Fsp3) is 0.519. The third-order valence-electron chi connectivity index (χ3n) is 8.10. The van der Waals surface area contributed by atoms with Gasteiger partial charge in [0.1, 0.15) is 35.8 Å². The van der Waals surface area contributed by atoms with Crippen LogP contribution in [-0.4, -0.2) is 69.0 Å². The number of halogens is 5. The number of alkyl halides is 3. The molecule has 8 nitrogen and oxygen atoms in total. The molecule has 0 aliphatic carbocycles. The molecule has 2 fully saturated rings. The molecule has 6 rings (SSSR count). The SMILES string of the molecule is CN1CCC[C@@H](n2cc(-c3ccc(F)c(C(F)(F)F)c3)nc2C2CCN(c3ncnc4c3CC(O)N4)CC2)C1.Cl. The van der Waals surface area contributed by atoms with Gasteiger partial charge < -0.3 is 24.8 Å². The van der Waals surface area contributed by atoms with E-state index in [0.717, 1.165) is 81.2 Å². The molecule has 0 bridgehead atoms. The second-order valence-electron chi connectivity index (χ2n) is 10.8. The second-order valence-corrected chi connectivity index (χ2v) is 10.8. The van der Waals surface area contributed by atoms with Gasteiger partial charge in [0.15, 0.2) is 0 Å². The summed E-state index contributed by atoms with van der Waals surface area (Å²) in [5.41, 5.74) is 0.320. The van der Waals surface area contributed by atoms with E-state index in [2.05, 4.69) is 36.7 Å². The van der Waals surface area contributed by atoms with Crippen molar-refractivity contribution in [3.05, 3.63) is 53.5 Å². The highest BCUT2D eigenvalue weighted by atomic mass is 35.5. The van der Waals surface area contributed by atoms with E-state index in [1.165, 1.54) is 12.4 Å². The van der Waals surface area contributed by atoms with Crippen LogP contribution in [0.1, 0.15) is 54.6 Å². The van der Waals surface area contributed by atoms with Gasteiger partial charge in [-0.15, -0.1) is 12.4 Å². The Morgan fingerprint density at radius 3 is 2.58 bits per heavy atom. The number of anilines is 2. The maximum absolute atomic E-state index is 14.0. The molecule has 3 aromatic rings. The number of hydrogen-bond donors (Lipinski definition) is 2. The second kappa shape index (κ2) is 11.1. The van der Waals surface area contributed by atoms with Gasteiger partial charge in [0.2, 0.25) is 0 Å². The van der Waals surface area contributed by atoms with Gasteiger partial charge in [0.25, 0.3) is 0 Å². The molecule has 3 aliphatic rings. The summed E-state index contributed by atoms with van der Waals surface area (Å²) in [7, 11) is 2.07. The number of nitrogens with one attached hydrogen (secondary N) is 1. The third kappa shape index (κ3) is 5.48. The number of aliphatic hydroxyl groups is 1. The summed E-state index contributed by atoms with van der Waals surface area (Å²) in [6.45, 7) is 3.30. The first-order chi connectivity index (χ1) is 18.7. The summed E-state index contributed by atoms with van der Waals surface area (Å²) in [6.07, 6.45) is 1.94. The lowest BCUT2D eigenvalue weighted by Crippen LogP contribution is -2.37. The summed E-state index contributed by atoms with van der Waals surface area (Å²) in [5.74, 6) is 1.18. The first kappa shape index (κ1) is 28.6. The molecular formula is C27H32ClF4N7O. The molecule has 3 aliphatic heterocycles. The maximum atomic E-state index is 14.0. The fourth-order valence-corrected chi connectivity index (χ4v) is 6.15. The maximum Gasteiger partial charge on any atom is 0.419 e. The molecule has 0 saturated carbocycles. The number of likely N-dealkylation sites (N-methyl/N-ethyl adjacent to an activating group) is 1. The van der Waals surface area contributed by atoms with E-state index in [1.807, 2.05) is 6.20 Å². The Balaban J connectivity index is 0.00000323. The largest absolute Gasteiger partial charge is 0.419 e. The standard InChI is InChI=1S/C27H31F4N7O.ClH/c1-36-8-2-3-18(13-36)38-14-22(17-4-5-21(28)20(11-17)27(29,30)31)34-25(38)16-6-9-37(10-7-16)26-19-12-23(39)35-24(19)32-15-33-26;/h4-5,11,14-16,18,23,39H,2-3,6-10,12-13H2,1H3,(H,32,33,35);1H/t18-,23?;/m1./s1. The van der Waals surface area contributed by atoms with Crippen LogP contribution in [0.15, 0.2) is 30.7 Å². The highest BCUT2D eigenvalue weighted by Crippen LogP contribution is 2.39. The van der Waals surface area contributed by atoms with E-state index in [1.54, 1.807) is 0 Å². The summed E-state index contributed by atoms with van der Waals surface area (Å²) in [6, 6.07) is 3.27. The monoisotopic (exact) mass is 581 g/mol. The van der Waals surface area contributed by atoms with Crippen LogP contribution in [0.25, 0.3) is 11.3 Å². The average molecular weight is 582 g/mol. The molecule has 2 aromatic heterocycles. The predicted octanol–water partition coefficient (Wildman–Crippen LogP) is 4.86. The lowest BCUT2D eigenvalue weighted by molar-refractivity contribution is -0.139. The normalized spacial score (nSPS) is 22.1. The molecule has 1 unspecified atom stereocenters. The van der Waals surface area contributed by atoms with Crippen molar-refractivity contribution in [3.8, 4) is 11.3 Å². The van der Waals surface area contributed by atoms with Gasteiger partial charge in [-0.25, -0.2) is 19.3 Å². The smallest absolute Gasteiger partial charge is 0.373 e. The number of likely N-dealkylation sites (tertiary alicyclic amines) is 1. The molecule has 0 radical (unpaired) electrons. The number of aliphatic hydroxyl groups excluding tert-OH is 1. The summed E-state index contributed by atoms with van der Waals surface area (Å²) < 4.78 is 56.4. The van der Waals surface area contributed by atoms with Crippen LogP contribution >= 0.6 is 12.4 Å². The Morgan fingerprint density at radius 2 is 1.85 bits per heavy atom. The molecule has 1 aromatic carbocycles. The Morgan fingerprint density at radius 1 is 1.07 bits per heavy atom. The number of hydrogen-bond acceptors (Lipinski definition) is 7. The van der Waals surface area contributed by atoms with E-state index in [4.69, 9.17) is 4.98 Å². The number of fused-ring (bicyclic) bond motifs is 1. The molecular weight excluding hydrogens is 550 g/mol. The van der Waals surface area contributed by atoms with Crippen molar-refractivity contribution in [2.75, 3.05) is 43.4 Å². The number of imidazole rings is 1. The van der Waals surface area contributed by atoms with E-state index < -0.39 is 23.8 Å². The van der Waals surface area contributed by atoms with Crippen molar-refractivity contribution < 1.29 is 22.7 Å². The van der Waals surface area contributed by atoms with Crippen LogP contribution in [0.4, 0.5) is 29.2 Å².